The summed E-state index contributed by atoms with van der Waals surface area (Å²) >= 11 is 0. The van der Waals surface area contributed by atoms with Gasteiger partial charge in [0.25, 0.3) is 0 Å². The van der Waals surface area contributed by atoms with Gasteiger partial charge in [0.1, 0.15) is 17.8 Å². The Morgan fingerprint density at radius 3 is 2.81 bits per heavy atom. The zero-order chi connectivity index (χ0) is 14.8. The molecule has 0 spiro atoms. The van der Waals surface area contributed by atoms with Crippen LogP contribution in [0.5, 0.6) is 0 Å². The van der Waals surface area contributed by atoms with Crippen LogP contribution in [0, 0.1) is 5.92 Å². The smallest absolute Gasteiger partial charge is 0.142 e. The number of nitrogens with zero attached hydrogens (tertiary/aromatic N) is 4. The van der Waals surface area contributed by atoms with Crippen LogP contribution in [0.3, 0.4) is 0 Å². The molecule has 3 heterocycles. The summed E-state index contributed by atoms with van der Waals surface area (Å²) in [6, 6.07) is 2.70. The minimum Gasteiger partial charge on any atom is -0.356 e. The van der Waals surface area contributed by atoms with Gasteiger partial charge in [-0.2, -0.15) is 0 Å². The van der Waals surface area contributed by atoms with Crippen LogP contribution in [0.1, 0.15) is 26.7 Å². The molecule has 0 bridgehead atoms. The Kier molecular flexibility index (Phi) is 4.10. The molecule has 0 radical (unpaired) electrons. The highest BCUT2D eigenvalue weighted by molar-refractivity contribution is 5.87. The van der Waals surface area contributed by atoms with Gasteiger partial charge in [-0.3, -0.25) is 0 Å². The van der Waals surface area contributed by atoms with Gasteiger partial charge in [-0.05, 0) is 45.7 Å². The lowest BCUT2D eigenvalue weighted by Crippen LogP contribution is -2.39. The number of anilines is 1. The molecule has 1 saturated heterocycles. The second-order valence-corrected chi connectivity index (χ2v) is 6.40. The summed E-state index contributed by atoms with van der Waals surface area (Å²) in [5.41, 5.74) is 0.932. The van der Waals surface area contributed by atoms with Crippen molar-refractivity contribution in [2.24, 2.45) is 5.92 Å². The quantitative estimate of drug-likeness (QED) is 0.938. The zero-order valence-corrected chi connectivity index (χ0v) is 13.2. The maximum Gasteiger partial charge on any atom is 0.142 e. The third kappa shape index (κ3) is 3.02. The van der Waals surface area contributed by atoms with E-state index in [2.05, 4.69) is 51.7 Å². The number of hydrogen-bond donors (Lipinski definition) is 1. The Labute approximate surface area is 126 Å². The summed E-state index contributed by atoms with van der Waals surface area (Å²) < 4.78 is 0. The van der Waals surface area contributed by atoms with Gasteiger partial charge in [0.2, 0.25) is 0 Å². The van der Waals surface area contributed by atoms with Gasteiger partial charge < -0.3 is 14.8 Å². The van der Waals surface area contributed by atoms with Crippen LogP contribution >= 0.6 is 0 Å². The van der Waals surface area contributed by atoms with Gasteiger partial charge in [-0.15, -0.1) is 0 Å². The monoisotopic (exact) mass is 287 g/mol. The molecule has 0 aromatic carbocycles. The molecule has 5 nitrogen and oxygen atoms in total. The van der Waals surface area contributed by atoms with Crippen LogP contribution in [0.2, 0.25) is 0 Å². The van der Waals surface area contributed by atoms with Crippen molar-refractivity contribution in [1.82, 2.24) is 19.9 Å². The maximum atomic E-state index is 4.50. The summed E-state index contributed by atoms with van der Waals surface area (Å²) in [5.74, 6) is 1.88. The van der Waals surface area contributed by atoms with Crippen molar-refractivity contribution in [1.29, 1.82) is 0 Å². The lowest BCUT2D eigenvalue weighted by atomic mass is 9.96. The summed E-state index contributed by atoms with van der Waals surface area (Å²) in [7, 11) is 2.23. The molecule has 1 N–H and O–H groups in total. The molecule has 0 unspecified atom stereocenters. The molecular formula is C16H25N5. The molecule has 3 rings (SSSR count). The Hall–Kier alpha value is -1.62. The summed E-state index contributed by atoms with van der Waals surface area (Å²) in [4.78, 5) is 16.8. The predicted molar refractivity (Wildman–Crippen MR) is 86.6 cm³/mol. The Morgan fingerprint density at radius 2 is 2.10 bits per heavy atom. The predicted octanol–water partition coefficient (Wildman–Crippen LogP) is 2.51. The molecule has 1 aliphatic rings. The topological polar surface area (TPSA) is 48.1 Å². The van der Waals surface area contributed by atoms with Gasteiger partial charge >= 0.3 is 0 Å². The highest BCUT2D eigenvalue weighted by Gasteiger charge is 2.23. The van der Waals surface area contributed by atoms with Crippen molar-refractivity contribution in [3.8, 4) is 0 Å². The molecule has 0 atom stereocenters. The van der Waals surface area contributed by atoms with Crippen LogP contribution in [-0.4, -0.2) is 52.6 Å². The first kappa shape index (κ1) is 14.3. The van der Waals surface area contributed by atoms with Crippen LogP contribution < -0.4 is 4.90 Å². The summed E-state index contributed by atoms with van der Waals surface area (Å²) in [5, 5.41) is 1.13. The normalized spacial score (nSPS) is 17.3. The van der Waals surface area contributed by atoms with Crippen LogP contribution in [-0.2, 0) is 0 Å². The SMILES string of the molecule is CC(C)N(C)CC1CCN(c2ncnc3[nH]ccc23)CC1. The van der Waals surface area contributed by atoms with Crippen molar-refractivity contribution in [3.63, 3.8) is 0 Å². The first-order valence-electron chi connectivity index (χ1n) is 7.88. The number of rotatable bonds is 4. The molecule has 5 heteroatoms. The van der Waals surface area contributed by atoms with Crippen LogP contribution in [0.15, 0.2) is 18.6 Å². The average Bonchev–Trinajstić information content (AvgIpc) is 2.96. The van der Waals surface area contributed by atoms with Crippen molar-refractivity contribution in [3.05, 3.63) is 18.6 Å². The molecule has 1 fully saturated rings. The van der Waals surface area contributed by atoms with E-state index in [1.165, 1.54) is 19.4 Å². The van der Waals surface area contributed by atoms with Crippen LogP contribution in [0.25, 0.3) is 11.0 Å². The lowest BCUT2D eigenvalue weighted by molar-refractivity contribution is 0.211. The van der Waals surface area contributed by atoms with Crippen molar-refractivity contribution >= 4 is 16.9 Å². The highest BCUT2D eigenvalue weighted by atomic mass is 15.2. The average molecular weight is 287 g/mol. The third-order valence-electron chi connectivity index (χ3n) is 4.67. The summed E-state index contributed by atoms with van der Waals surface area (Å²) in [6.07, 6.45) is 6.08. The zero-order valence-electron chi connectivity index (χ0n) is 13.2. The van der Waals surface area contributed by atoms with E-state index in [9.17, 15) is 0 Å². The number of fused-ring (bicyclic) bond motifs is 1. The van der Waals surface area contributed by atoms with E-state index < -0.39 is 0 Å². The fourth-order valence-electron chi connectivity index (χ4n) is 3.06. The Balaban J connectivity index is 1.65. The number of H-pyrrole nitrogens is 1. The molecule has 114 valence electrons. The number of aromatic amines is 1. The standard InChI is InChI=1S/C16H25N5/c1-12(2)20(3)10-13-5-8-21(9-6-13)16-14-4-7-17-15(14)18-11-19-16/h4,7,11-13H,5-6,8-10H2,1-3H3,(H,17,18,19). The van der Waals surface area contributed by atoms with Gasteiger partial charge in [0.05, 0.1) is 5.39 Å². The van der Waals surface area contributed by atoms with Gasteiger partial charge in [-0.1, -0.05) is 0 Å². The van der Waals surface area contributed by atoms with E-state index in [1.54, 1.807) is 6.33 Å². The van der Waals surface area contributed by atoms with Crippen molar-refractivity contribution < 1.29 is 0 Å². The minimum absolute atomic E-state index is 0.629. The lowest BCUT2D eigenvalue weighted by Gasteiger charge is -2.35. The van der Waals surface area contributed by atoms with Gasteiger partial charge in [0, 0.05) is 31.9 Å². The fraction of sp³-hybridized carbons (Fsp3) is 0.625. The molecule has 0 aliphatic carbocycles. The molecular weight excluding hydrogens is 262 g/mol. The van der Waals surface area contributed by atoms with E-state index in [0.717, 1.165) is 35.9 Å². The second kappa shape index (κ2) is 6.02. The van der Waals surface area contributed by atoms with E-state index in [4.69, 9.17) is 0 Å². The fourth-order valence-corrected chi connectivity index (χ4v) is 3.06. The van der Waals surface area contributed by atoms with E-state index in [-0.39, 0.29) is 0 Å². The molecule has 2 aromatic heterocycles. The molecule has 1 aliphatic heterocycles. The van der Waals surface area contributed by atoms with E-state index >= 15 is 0 Å². The van der Waals surface area contributed by atoms with E-state index in [1.807, 2.05) is 6.20 Å². The highest BCUT2D eigenvalue weighted by Crippen LogP contribution is 2.27. The first-order valence-corrected chi connectivity index (χ1v) is 7.88. The van der Waals surface area contributed by atoms with E-state index in [0.29, 0.717) is 6.04 Å². The van der Waals surface area contributed by atoms with Crippen LogP contribution in [0.4, 0.5) is 5.82 Å². The third-order valence-corrected chi connectivity index (χ3v) is 4.67. The number of aromatic nitrogens is 3. The maximum absolute atomic E-state index is 4.50. The van der Waals surface area contributed by atoms with Crippen molar-refractivity contribution in [2.45, 2.75) is 32.7 Å². The van der Waals surface area contributed by atoms with Crippen molar-refractivity contribution in [2.75, 3.05) is 31.6 Å². The Bertz CT molecular complexity index is 583. The summed E-state index contributed by atoms with van der Waals surface area (Å²) in [6.45, 7) is 7.91. The molecule has 21 heavy (non-hydrogen) atoms. The second-order valence-electron chi connectivity index (χ2n) is 6.40. The van der Waals surface area contributed by atoms with Gasteiger partial charge in [-0.25, -0.2) is 9.97 Å². The minimum atomic E-state index is 0.629. The molecule has 0 saturated carbocycles. The first-order chi connectivity index (χ1) is 10.1. The number of piperidine rings is 1. The number of nitrogens with one attached hydrogen (secondary N) is 1. The molecule has 0 amide bonds. The molecule has 2 aromatic rings. The van der Waals surface area contributed by atoms with Gasteiger partial charge in [0.15, 0.2) is 0 Å². The largest absolute Gasteiger partial charge is 0.356 e. The Morgan fingerprint density at radius 1 is 1.33 bits per heavy atom. The number of hydrogen-bond acceptors (Lipinski definition) is 4.